The van der Waals surface area contributed by atoms with Crippen LogP contribution in [0.25, 0.3) is 5.69 Å². The number of para-hydroxylation sites is 1. The minimum absolute atomic E-state index is 0.896. The van der Waals surface area contributed by atoms with Gasteiger partial charge in [0.15, 0.2) is 0 Å². The van der Waals surface area contributed by atoms with Crippen molar-refractivity contribution in [3.63, 3.8) is 0 Å². The van der Waals surface area contributed by atoms with Gasteiger partial charge in [0.25, 0.3) is 0 Å². The van der Waals surface area contributed by atoms with Crippen LogP contribution in [0, 0.1) is 6.92 Å². The molecule has 0 N–H and O–H groups in total. The third kappa shape index (κ3) is 2.16. The van der Waals surface area contributed by atoms with Gasteiger partial charge in [0.1, 0.15) is 0 Å². The average molecular weight is 244 g/mol. The van der Waals surface area contributed by atoms with Crippen LogP contribution in [0.3, 0.4) is 0 Å². The van der Waals surface area contributed by atoms with Crippen molar-refractivity contribution in [2.45, 2.75) is 33.9 Å². The first-order valence-corrected chi connectivity index (χ1v) is 6.43. The molecule has 1 aromatic carbocycles. The Morgan fingerprint density at radius 3 is 2.61 bits per heavy atom. The lowest BCUT2D eigenvalue weighted by atomic mass is 10.2. The second kappa shape index (κ2) is 5.31. The highest BCUT2D eigenvalue weighted by atomic mass is 15.4. The molecule has 0 saturated heterocycles. The van der Waals surface area contributed by atoms with Gasteiger partial charge in [-0.05, 0) is 25.6 Å². The van der Waals surface area contributed by atoms with Crippen molar-refractivity contribution in [1.29, 1.82) is 0 Å². The minimum atomic E-state index is 0.896. The van der Waals surface area contributed by atoms with E-state index < -0.39 is 0 Å². The second-order valence-electron chi connectivity index (χ2n) is 4.33. The lowest BCUT2D eigenvalue weighted by molar-refractivity contribution is 0.319. The fourth-order valence-corrected chi connectivity index (χ4v) is 2.21. The Balaban J connectivity index is 0.000000574. The molecule has 0 aliphatic carbocycles. The van der Waals surface area contributed by atoms with E-state index in [1.165, 1.54) is 11.3 Å². The van der Waals surface area contributed by atoms with E-state index in [1.54, 1.807) is 0 Å². The first-order chi connectivity index (χ1) is 8.75. The predicted octanol–water partition coefficient (Wildman–Crippen LogP) is 2.55. The number of aryl methyl sites for hydroxylation is 1. The zero-order chi connectivity index (χ0) is 13.1. The van der Waals surface area contributed by atoms with E-state index in [0.717, 1.165) is 24.5 Å². The number of nitrogens with zero attached hydrogens (tertiary/aromatic N) is 4. The number of benzene rings is 1. The molecule has 0 unspecified atom stereocenters. The van der Waals surface area contributed by atoms with Gasteiger partial charge in [0.2, 0.25) is 0 Å². The molecule has 0 bridgehead atoms. The highest BCUT2D eigenvalue weighted by Gasteiger charge is 2.19. The molecule has 1 aliphatic rings. The maximum absolute atomic E-state index is 4.23. The zero-order valence-corrected chi connectivity index (χ0v) is 11.5. The molecule has 4 heteroatoms. The molecule has 0 amide bonds. The van der Waals surface area contributed by atoms with Crippen molar-refractivity contribution in [3.05, 3.63) is 41.2 Å². The molecule has 0 radical (unpaired) electrons. The molecule has 2 heterocycles. The third-order valence-corrected chi connectivity index (χ3v) is 3.04. The zero-order valence-electron chi connectivity index (χ0n) is 11.5. The molecule has 18 heavy (non-hydrogen) atoms. The van der Waals surface area contributed by atoms with Crippen molar-refractivity contribution in [2.24, 2.45) is 0 Å². The van der Waals surface area contributed by atoms with Crippen molar-refractivity contribution in [3.8, 4) is 5.69 Å². The van der Waals surface area contributed by atoms with Gasteiger partial charge in [-0.25, -0.2) is 4.68 Å². The average Bonchev–Trinajstić information content (AvgIpc) is 2.67. The first kappa shape index (κ1) is 12.8. The van der Waals surface area contributed by atoms with Gasteiger partial charge in [-0.2, -0.15) is 0 Å². The summed E-state index contributed by atoms with van der Waals surface area (Å²) in [4.78, 5) is 2.29. The van der Waals surface area contributed by atoms with Crippen molar-refractivity contribution >= 4 is 0 Å². The van der Waals surface area contributed by atoms with Crippen LogP contribution >= 0.6 is 0 Å². The summed E-state index contributed by atoms with van der Waals surface area (Å²) in [5.74, 6) is 0. The number of fused-ring (bicyclic) bond motifs is 3. The van der Waals surface area contributed by atoms with Crippen LogP contribution in [-0.2, 0) is 13.1 Å². The van der Waals surface area contributed by atoms with Crippen LogP contribution in [-0.4, -0.2) is 26.9 Å². The lowest BCUT2D eigenvalue weighted by Crippen LogP contribution is -2.16. The van der Waals surface area contributed by atoms with Crippen molar-refractivity contribution in [2.75, 3.05) is 7.05 Å². The molecular formula is C14H20N4. The normalized spacial score (nSPS) is 14.0. The summed E-state index contributed by atoms with van der Waals surface area (Å²) >= 11 is 0. The highest BCUT2D eigenvalue weighted by molar-refractivity contribution is 5.42. The summed E-state index contributed by atoms with van der Waals surface area (Å²) in [5.41, 5.74) is 4.66. The van der Waals surface area contributed by atoms with Crippen molar-refractivity contribution < 1.29 is 0 Å². The number of rotatable bonds is 0. The molecule has 0 atom stereocenters. The third-order valence-electron chi connectivity index (χ3n) is 3.04. The Bertz CT molecular complexity index is 530. The molecule has 96 valence electrons. The first-order valence-electron chi connectivity index (χ1n) is 6.43. The molecule has 4 nitrogen and oxygen atoms in total. The van der Waals surface area contributed by atoms with Crippen LogP contribution in [0.1, 0.15) is 30.8 Å². The summed E-state index contributed by atoms with van der Waals surface area (Å²) in [6.07, 6.45) is 0. The summed E-state index contributed by atoms with van der Waals surface area (Å²) in [7, 11) is 2.12. The lowest BCUT2D eigenvalue weighted by Gasteiger charge is -2.12. The number of hydrogen-bond acceptors (Lipinski definition) is 3. The van der Waals surface area contributed by atoms with Crippen LogP contribution in [0.15, 0.2) is 24.3 Å². The van der Waals surface area contributed by atoms with Crippen LogP contribution in [0.2, 0.25) is 0 Å². The summed E-state index contributed by atoms with van der Waals surface area (Å²) in [6, 6.07) is 8.37. The van der Waals surface area contributed by atoms with E-state index in [0.29, 0.717) is 0 Å². The quantitative estimate of drug-likeness (QED) is 0.714. The highest BCUT2D eigenvalue weighted by Crippen LogP contribution is 2.23. The molecule has 3 rings (SSSR count). The fraction of sp³-hybridized carbons (Fsp3) is 0.429. The van der Waals surface area contributed by atoms with Gasteiger partial charge in [0, 0.05) is 13.1 Å². The van der Waals surface area contributed by atoms with Gasteiger partial charge >= 0.3 is 0 Å². The molecule has 1 aromatic heterocycles. The van der Waals surface area contributed by atoms with Crippen LogP contribution in [0.4, 0.5) is 0 Å². The van der Waals surface area contributed by atoms with Crippen LogP contribution in [0.5, 0.6) is 0 Å². The van der Waals surface area contributed by atoms with Gasteiger partial charge in [-0.3, -0.25) is 4.90 Å². The summed E-state index contributed by atoms with van der Waals surface area (Å²) in [5, 5.41) is 8.39. The van der Waals surface area contributed by atoms with E-state index in [9.17, 15) is 0 Å². The van der Waals surface area contributed by atoms with Gasteiger partial charge in [0.05, 0.1) is 17.1 Å². The van der Waals surface area contributed by atoms with E-state index in [2.05, 4.69) is 40.5 Å². The smallest absolute Gasteiger partial charge is 0.0846 e. The molecular weight excluding hydrogens is 224 g/mol. The maximum atomic E-state index is 4.23. The van der Waals surface area contributed by atoms with Gasteiger partial charge in [-0.15, -0.1) is 5.10 Å². The topological polar surface area (TPSA) is 34.0 Å². The summed E-state index contributed by atoms with van der Waals surface area (Å²) in [6.45, 7) is 7.87. The molecule has 0 spiro atoms. The maximum Gasteiger partial charge on any atom is 0.0846 e. The summed E-state index contributed by atoms with van der Waals surface area (Å²) < 4.78 is 1.97. The van der Waals surface area contributed by atoms with E-state index in [4.69, 9.17) is 0 Å². The van der Waals surface area contributed by atoms with E-state index >= 15 is 0 Å². The number of aromatic nitrogens is 3. The Morgan fingerprint density at radius 2 is 1.83 bits per heavy atom. The van der Waals surface area contributed by atoms with Gasteiger partial charge in [-0.1, -0.05) is 37.3 Å². The van der Waals surface area contributed by atoms with Crippen LogP contribution < -0.4 is 0 Å². The minimum Gasteiger partial charge on any atom is -0.296 e. The number of hydrogen-bond donors (Lipinski definition) is 0. The molecule has 0 saturated carbocycles. The molecule has 1 aliphatic heterocycles. The molecule has 2 aromatic rings. The van der Waals surface area contributed by atoms with Gasteiger partial charge < -0.3 is 0 Å². The fourth-order valence-electron chi connectivity index (χ4n) is 2.21. The molecule has 0 fully saturated rings. The Labute approximate surface area is 108 Å². The predicted molar refractivity (Wildman–Crippen MR) is 72.6 cm³/mol. The van der Waals surface area contributed by atoms with E-state index in [-0.39, 0.29) is 0 Å². The second-order valence-corrected chi connectivity index (χ2v) is 4.33. The Hall–Kier alpha value is -1.68. The standard InChI is InChI=1S/C12H14N4.C2H6/c1-9-12-8-15(2)7-10-5-3-4-6-11(10)16(12)14-13-9;1-2/h3-6H,7-8H2,1-2H3;1-2H3. The van der Waals surface area contributed by atoms with E-state index in [1.807, 2.05) is 31.5 Å². The SMILES string of the molecule is CC.Cc1nnn2c1CN(C)Cc1ccccc1-2. The Kier molecular flexibility index (Phi) is 3.77. The monoisotopic (exact) mass is 244 g/mol. The largest absolute Gasteiger partial charge is 0.296 e. The Morgan fingerprint density at radius 1 is 1.11 bits per heavy atom. The van der Waals surface area contributed by atoms with Crippen molar-refractivity contribution in [1.82, 2.24) is 19.9 Å².